The minimum Gasteiger partial charge on any atom is -0.370 e. The minimum absolute atomic E-state index is 0.0110. The number of amides is 1. The van der Waals surface area contributed by atoms with Gasteiger partial charge in [0.25, 0.3) is 5.56 Å². The van der Waals surface area contributed by atoms with Crippen molar-refractivity contribution in [3.8, 4) is 5.69 Å². The standard InChI is InChI=1S/C33H30F8N6O4S/c1-46-28-25(6-4-19(8-10-33(39,40)41)27(28)29(44-46)45-52(2,50)51)47-30(20(15-26(42)48)11-18-12-21(34)16-22(35)13-18)43-24-14-17(7-9-32(36,37)38)3-5-23(24)31(47)49/h3-6,12-14,16,20H,7-11,15H2,1-2H3,(H2,42,48)(H,44,45)/t20-/m0/s1. The molecule has 0 aliphatic rings. The molecule has 0 spiro atoms. The number of nitrogens with one attached hydrogen (secondary N) is 1. The number of aryl methyl sites for hydroxylation is 3. The summed E-state index contributed by atoms with van der Waals surface area (Å²) in [5, 5.41) is 3.98. The van der Waals surface area contributed by atoms with E-state index in [4.69, 9.17) is 5.73 Å². The van der Waals surface area contributed by atoms with Gasteiger partial charge in [-0.25, -0.2) is 22.2 Å². The number of hydrogen-bond acceptors (Lipinski definition) is 6. The lowest BCUT2D eigenvalue weighted by molar-refractivity contribution is -0.134. The van der Waals surface area contributed by atoms with Crippen molar-refractivity contribution in [1.29, 1.82) is 0 Å². The van der Waals surface area contributed by atoms with Crippen LogP contribution in [0.2, 0.25) is 0 Å². The highest BCUT2D eigenvalue weighted by Gasteiger charge is 2.31. The second-order valence-corrected chi connectivity index (χ2v) is 14.1. The number of alkyl halides is 6. The predicted molar refractivity (Wildman–Crippen MR) is 175 cm³/mol. The normalized spacial score (nSPS) is 13.2. The molecule has 1 atom stereocenters. The van der Waals surface area contributed by atoms with Crippen LogP contribution in [0.5, 0.6) is 0 Å². The SMILES string of the molecule is Cn1nc(NS(C)(=O)=O)c2c(CCC(F)(F)F)ccc(-n3c([C@H](CC(N)=O)Cc4cc(F)cc(F)c4)nc4cc(CCC(F)(F)F)ccc4c3=O)c21. The Kier molecular flexibility index (Phi) is 10.4. The highest BCUT2D eigenvalue weighted by atomic mass is 32.2. The Morgan fingerprint density at radius 2 is 1.56 bits per heavy atom. The number of hydrogen-bond donors (Lipinski definition) is 2. The zero-order valence-corrected chi connectivity index (χ0v) is 28.2. The van der Waals surface area contributed by atoms with Gasteiger partial charge in [0.15, 0.2) is 5.82 Å². The number of carbonyl (C=O) groups excluding carboxylic acids is 1. The fourth-order valence-corrected chi connectivity index (χ4v) is 6.58. The van der Waals surface area contributed by atoms with Crippen molar-refractivity contribution in [2.24, 2.45) is 12.8 Å². The quantitative estimate of drug-likeness (QED) is 0.147. The molecule has 1 amide bonds. The summed E-state index contributed by atoms with van der Waals surface area (Å²) in [4.78, 5) is 31.5. The molecule has 5 aromatic rings. The van der Waals surface area contributed by atoms with Gasteiger partial charge in [-0.1, -0.05) is 12.1 Å². The van der Waals surface area contributed by atoms with Crippen molar-refractivity contribution < 1.29 is 48.3 Å². The molecule has 0 saturated heterocycles. The van der Waals surface area contributed by atoms with Crippen LogP contribution in [0, 0.1) is 11.6 Å². The maximum atomic E-state index is 14.5. The van der Waals surface area contributed by atoms with E-state index in [9.17, 15) is 53.1 Å². The predicted octanol–water partition coefficient (Wildman–Crippen LogP) is 6.11. The summed E-state index contributed by atoms with van der Waals surface area (Å²) in [6.07, 6.45) is -12.7. The van der Waals surface area contributed by atoms with E-state index in [1.54, 1.807) is 0 Å². The van der Waals surface area contributed by atoms with E-state index < -0.39 is 83.5 Å². The van der Waals surface area contributed by atoms with E-state index in [0.717, 1.165) is 27.6 Å². The van der Waals surface area contributed by atoms with E-state index in [1.807, 2.05) is 0 Å². The molecule has 52 heavy (non-hydrogen) atoms. The molecule has 0 aliphatic heterocycles. The number of nitrogens with two attached hydrogens (primary N) is 1. The molecule has 0 aliphatic carbocycles. The smallest absolute Gasteiger partial charge is 0.370 e. The lowest BCUT2D eigenvalue weighted by Crippen LogP contribution is -2.29. The third kappa shape index (κ3) is 9.04. The van der Waals surface area contributed by atoms with Gasteiger partial charge in [-0.2, -0.15) is 31.4 Å². The highest BCUT2D eigenvalue weighted by Crippen LogP contribution is 2.36. The number of halogens is 8. The molecule has 10 nitrogen and oxygen atoms in total. The van der Waals surface area contributed by atoms with Crippen molar-refractivity contribution in [2.45, 2.75) is 56.8 Å². The van der Waals surface area contributed by atoms with Gasteiger partial charge in [-0.15, -0.1) is 0 Å². The lowest BCUT2D eigenvalue weighted by atomic mass is 9.93. The molecule has 5 rings (SSSR count). The van der Waals surface area contributed by atoms with Crippen LogP contribution >= 0.6 is 0 Å². The van der Waals surface area contributed by atoms with Crippen LogP contribution in [-0.4, -0.2) is 52.3 Å². The summed E-state index contributed by atoms with van der Waals surface area (Å²) < 4.78 is 137. The summed E-state index contributed by atoms with van der Waals surface area (Å²) in [6, 6.07) is 8.89. The number of anilines is 1. The maximum Gasteiger partial charge on any atom is 0.389 e. The second kappa shape index (κ2) is 14.2. The number of sulfonamides is 1. The molecule has 0 radical (unpaired) electrons. The van der Waals surface area contributed by atoms with Crippen LogP contribution < -0.4 is 16.0 Å². The van der Waals surface area contributed by atoms with Crippen LogP contribution in [0.1, 0.15) is 47.7 Å². The first kappa shape index (κ1) is 38.2. The number of aromatic nitrogens is 4. The van der Waals surface area contributed by atoms with Crippen LogP contribution in [0.3, 0.4) is 0 Å². The first-order chi connectivity index (χ1) is 24.1. The van der Waals surface area contributed by atoms with Crippen LogP contribution in [-0.2, 0) is 41.1 Å². The molecule has 0 saturated carbocycles. The Labute approximate surface area is 290 Å². The minimum atomic E-state index is -4.60. The lowest BCUT2D eigenvalue weighted by Gasteiger charge is -2.22. The van der Waals surface area contributed by atoms with Crippen LogP contribution in [0.15, 0.2) is 53.3 Å². The van der Waals surface area contributed by atoms with Crippen molar-refractivity contribution in [3.63, 3.8) is 0 Å². The summed E-state index contributed by atoms with van der Waals surface area (Å²) >= 11 is 0. The molecule has 0 unspecified atom stereocenters. The van der Waals surface area contributed by atoms with Crippen molar-refractivity contribution >= 4 is 43.6 Å². The molecular formula is C33H30F8N6O4S. The average molecular weight is 759 g/mol. The van der Waals surface area contributed by atoms with Crippen molar-refractivity contribution in [2.75, 3.05) is 11.0 Å². The zero-order chi connectivity index (χ0) is 38.3. The summed E-state index contributed by atoms with van der Waals surface area (Å²) in [5.74, 6) is -4.63. The molecule has 2 heterocycles. The van der Waals surface area contributed by atoms with Gasteiger partial charge in [0.1, 0.15) is 17.5 Å². The first-order valence-electron chi connectivity index (χ1n) is 15.5. The monoisotopic (exact) mass is 758 g/mol. The molecular weight excluding hydrogens is 728 g/mol. The molecule has 19 heteroatoms. The number of rotatable bonds is 12. The fraction of sp³-hybridized carbons (Fsp3) is 0.333. The van der Waals surface area contributed by atoms with Gasteiger partial charge in [0.2, 0.25) is 15.9 Å². The van der Waals surface area contributed by atoms with Gasteiger partial charge in [0.05, 0.1) is 33.7 Å². The van der Waals surface area contributed by atoms with Gasteiger partial charge in [0, 0.05) is 38.3 Å². The zero-order valence-electron chi connectivity index (χ0n) is 27.4. The van der Waals surface area contributed by atoms with Gasteiger partial charge < -0.3 is 5.73 Å². The first-order valence-corrected chi connectivity index (χ1v) is 17.4. The summed E-state index contributed by atoms with van der Waals surface area (Å²) in [7, 11) is -2.69. The number of benzene rings is 3. The molecule has 0 bridgehead atoms. The molecule has 3 aromatic carbocycles. The summed E-state index contributed by atoms with van der Waals surface area (Å²) in [5.41, 5.74) is 4.73. The molecule has 278 valence electrons. The fourth-order valence-electron chi connectivity index (χ4n) is 6.08. The molecule has 3 N–H and O–H groups in total. The number of carbonyl (C=O) groups is 1. The summed E-state index contributed by atoms with van der Waals surface area (Å²) in [6.45, 7) is 0. The van der Waals surface area contributed by atoms with Crippen molar-refractivity contribution in [3.05, 3.63) is 93.0 Å². The third-order valence-electron chi connectivity index (χ3n) is 8.13. The van der Waals surface area contributed by atoms with Crippen LogP contribution in [0.25, 0.3) is 27.5 Å². The van der Waals surface area contributed by atoms with E-state index in [2.05, 4.69) is 14.8 Å². The number of primary amides is 1. The Bertz CT molecular complexity index is 2330. The van der Waals surface area contributed by atoms with Gasteiger partial charge >= 0.3 is 12.4 Å². The topological polar surface area (TPSA) is 142 Å². The molecule has 0 fully saturated rings. The van der Waals surface area contributed by atoms with E-state index in [-0.39, 0.29) is 62.2 Å². The Morgan fingerprint density at radius 3 is 2.15 bits per heavy atom. The van der Waals surface area contributed by atoms with Crippen LogP contribution in [0.4, 0.5) is 40.9 Å². The number of nitrogens with zero attached hydrogens (tertiary/aromatic N) is 4. The van der Waals surface area contributed by atoms with Gasteiger partial charge in [-0.3, -0.25) is 23.6 Å². The Morgan fingerprint density at radius 1 is 0.923 bits per heavy atom. The van der Waals surface area contributed by atoms with E-state index >= 15 is 0 Å². The second-order valence-electron chi connectivity index (χ2n) is 12.4. The number of fused-ring (bicyclic) bond motifs is 2. The van der Waals surface area contributed by atoms with E-state index in [0.29, 0.717) is 6.07 Å². The maximum absolute atomic E-state index is 14.5. The van der Waals surface area contributed by atoms with E-state index in [1.165, 1.54) is 37.4 Å². The highest BCUT2D eigenvalue weighted by molar-refractivity contribution is 7.92. The molecule has 2 aromatic heterocycles. The van der Waals surface area contributed by atoms with Gasteiger partial charge in [-0.05, 0) is 66.3 Å². The Hall–Kier alpha value is -5.07. The third-order valence-corrected chi connectivity index (χ3v) is 8.69. The Balaban J connectivity index is 1.85. The van der Waals surface area contributed by atoms with Crippen molar-refractivity contribution in [1.82, 2.24) is 19.3 Å². The largest absolute Gasteiger partial charge is 0.389 e. The average Bonchev–Trinajstić information content (AvgIpc) is 3.31.